The molecule has 160 valence electrons. The molecule has 1 amide bonds. The molecule has 4 rings (SSSR count). The summed E-state index contributed by atoms with van der Waals surface area (Å²) in [5.74, 6) is 0.660. The van der Waals surface area contributed by atoms with Crippen molar-refractivity contribution in [3.63, 3.8) is 0 Å². The van der Waals surface area contributed by atoms with Crippen molar-refractivity contribution in [2.24, 2.45) is 15.4 Å². The zero-order valence-corrected chi connectivity index (χ0v) is 18.0. The Morgan fingerprint density at radius 2 is 1.74 bits per heavy atom. The third-order valence-corrected chi connectivity index (χ3v) is 5.51. The fourth-order valence-corrected chi connectivity index (χ4v) is 3.67. The first-order valence-corrected chi connectivity index (χ1v) is 10.0. The van der Waals surface area contributed by atoms with E-state index >= 15 is 0 Å². The molecule has 7 heteroatoms. The summed E-state index contributed by atoms with van der Waals surface area (Å²) in [5.41, 5.74) is 0.572. The van der Waals surface area contributed by atoms with Crippen molar-refractivity contribution in [3.8, 4) is 5.75 Å². The molecule has 0 bridgehead atoms. The number of rotatable bonds is 5. The van der Waals surface area contributed by atoms with Crippen LogP contribution in [-0.4, -0.2) is 40.4 Å². The minimum atomic E-state index is -1.74. The Bertz CT molecular complexity index is 1080. The lowest BCUT2D eigenvalue weighted by Crippen LogP contribution is -2.51. The van der Waals surface area contributed by atoms with Gasteiger partial charge in [-0.15, -0.1) is 0 Å². The molecule has 0 radical (unpaired) electrons. The van der Waals surface area contributed by atoms with Crippen molar-refractivity contribution in [1.82, 2.24) is 4.90 Å². The molecule has 0 aliphatic carbocycles. The normalized spacial score (nSPS) is 20.7. The standard InChI is InChI=1S/C24H25N3O4/c1-23(2,3)24(31-29)22(28)27-15-20(17-10-12-18(30-4)13-11-17)25-19(21(27)26-24)14-16-8-6-5-7-9-16/h5-13,15,29H,14H2,1-4H3. The van der Waals surface area contributed by atoms with E-state index in [2.05, 4.69) is 4.99 Å². The molecule has 0 fully saturated rings. The minimum absolute atomic E-state index is 0.384. The maximum absolute atomic E-state index is 13.4. The fraction of sp³-hybridized carbons (Fsp3) is 0.292. The van der Waals surface area contributed by atoms with E-state index in [4.69, 9.17) is 14.6 Å². The lowest BCUT2D eigenvalue weighted by Gasteiger charge is -2.33. The van der Waals surface area contributed by atoms with Crippen molar-refractivity contribution in [1.29, 1.82) is 0 Å². The number of carbonyl (C=O) groups excluding carboxylic acids is 1. The maximum atomic E-state index is 13.4. The lowest BCUT2D eigenvalue weighted by atomic mass is 9.83. The van der Waals surface area contributed by atoms with Gasteiger partial charge in [-0.2, -0.15) is 4.89 Å². The Labute approximate surface area is 181 Å². The predicted octanol–water partition coefficient (Wildman–Crippen LogP) is 4.16. The van der Waals surface area contributed by atoms with Crippen molar-refractivity contribution in [2.45, 2.75) is 32.9 Å². The van der Waals surface area contributed by atoms with Crippen LogP contribution >= 0.6 is 0 Å². The highest BCUT2D eigenvalue weighted by atomic mass is 17.1. The number of aliphatic imine (C=N–C) groups is 2. The second-order valence-electron chi connectivity index (χ2n) is 8.56. The Morgan fingerprint density at radius 1 is 1.06 bits per heavy atom. The number of carbonyl (C=O) groups is 1. The number of benzene rings is 2. The van der Waals surface area contributed by atoms with Crippen molar-refractivity contribution < 1.29 is 19.7 Å². The molecule has 1 N–H and O–H groups in total. The maximum Gasteiger partial charge on any atom is 0.291 e. The minimum Gasteiger partial charge on any atom is -0.497 e. The average molecular weight is 419 g/mol. The molecule has 1 atom stereocenters. The summed E-state index contributed by atoms with van der Waals surface area (Å²) in [6, 6.07) is 17.3. The van der Waals surface area contributed by atoms with Gasteiger partial charge in [0.05, 0.1) is 18.5 Å². The molecule has 0 saturated heterocycles. The van der Waals surface area contributed by atoms with Crippen LogP contribution < -0.4 is 4.74 Å². The van der Waals surface area contributed by atoms with Gasteiger partial charge in [-0.1, -0.05) is 51.1 Å². The number of ether oxygens (including phenoxy) is 1. The van der Waals surface area contributed by atoms with E-state index in [-0.39, 0.29) is 0 Å². The SMILES string of the molecule is COc1ccc(C2=CN3C(=O)C(OO)(C(C)(C)C)N=C3C(Cc3ccccc3)=N2)cc1. The summed E-state index contributed by atoms with van der Waals surface area (Å²) < 4.78 is 5.24. The molecule has 2 aliphatic heterocycles. The molecular weight excluding hydrogens is 394 g/mol. The van der Waals surface area contributed by atoms with E-state index in [1.807, 2.05) is 54.6 Å². The summed E-state index contributed by atoms with van der Waals surface area (Å²) >= 11 is 0. The number of methoxy groups -OCH3 is 1. The number of hydrogen-bond donors (Lipinski definition) is 1. The molecule has 0 spiro atoms. The molecule has 31 heavy (non-hydrogen) atoms. The molecule has 2 aromatic carbocycles. The van der Waals surface area contributed by atoms with Gasteiger partial charge in [-0.3, -0.25) is 9.69 Å². The van der Waals surface area contributed by atoms with Crippen LogP contribution in [0.4, 0.5) is 0 Å². The van der Waals surface area contributed by atoms with E-state index in [1.165, 1.54) is 4.90 Å². The molecule has 2 heterocycles. The topological polar surface area (TPSA) is 83.7 Å². The highest BCUT2D eigenvalue weighted by molar-refractivity contribution is 6.47. The van der Waals surface area contributed by atoms with E-state index in [1.54, 1.807) is 34.1 Å². The van der Waals surface area contributed by atoms with E-state index in [0.29, 0.717) is 23.7 Å². The van der Waals surface area contributed by atoms with Crippen molar-refractivity contribution in [3.05, 3.63) is 71.9 Å². The monoisotopic (exact) mass is 419 g/mol. The third kappa shape index (κ3) is 3.56. The quantitative estimate of drug-likeness (QED) is 0.583. The zero-order valence-electron chi connectivity index (χ0n) is 18.0. The zero-order chi connectivity index (χ0) is 22.2. The Hall–Kier alpha value is -3.29. The largest absolute Gasteiger partial charge is 0.497 e. The molecule has 2 aromatic rings. The Kier molecular flexibility index (Phi) is 5.24. The Morgan fingerprint density at radius 3 is 2.32 bits per heavy atom. The third-order valence-electron chi connectivity index (χ3n) is 5.51. The van der Waals surface area contributed by atoms with Gasteiger partial charge in [0.2, 0.25) is 0 Å². The number of amidine groups is 1. The van der Waals surface area contributed by atoms with Gasteiger partial charge in [0.15, 0.2) is 5.84 Å². The van der Waals surface area contributed by atoms with Crippen LogP contribution in [-0.2, 0) is 16.1 Å². The van der Waals surface area contributed by atoms with Crippen LogP contribution in [0.25, 0.3) is 5.70 Å². The molecule has 1 unspecified atom stereocenters. The Balaban J connectivity index is 1.83. The number of hydrogen-bond acceptors (Lipinski definition) is 6. The number of amides is 1. The van der Waals surface area contributed by atoms with Crippen LogP contribution in [0.2, 0.25) is 0 Å². The first kappa shape index (κ1) is 21.0. The predicted molar refractivity (Wildman–Crippen MR) is 119 cm³/mol. The van der Waals surface area contributed by atoms with Crippen molar-refractivity contribution in [2.75, 3.05) is 7.11 Å². The summed E-state index contributed by atoms with van der Waals surface area (Å²) in [7, 11) is 1.61. The molecule has 0 saturated carbocycles. The van der Waals surface area contributed by atoms with Gasteiger partial charge in [-0.25, -0.2) is 15.2 Å². The second kappa shape index (κ2) is 7.76. The number of nitrogens with zero attached hydrogens (tertiary/aromatic N) is 3. The smallest absolute Gasteiger partial charge is 0.291 e. The van der Waals surface area contributed by atoms with Gasteiger partial charge in [0.1, 0.15) is 5.75 Å². The highest BCUT2D eigenvalue weighted by Gasteiger charge is 2.59. The van der Waals surface area contributed by atoms with Gasteiger partial charge < -0.3 is 4.74 Å². The van der Waals surface area contributed by atoms with Gasteiger partial charge in [-0.05, 0) is 29.8 Å². The molecule has 7 nitrogen and oxygen atoms in total. The van der Waals surface area contributed by atoms with Crippen LogP contribution in [0.1, 0.15) is 31.9 Å². The van der Waals surface area contributed by atoms with Gasteiger partial charge in [0.25, 0.3) is 11.6 Å². The first-order valence-electron chi connectivity index (χ1n) is 10.0. The fourth-order valence-electron chi connectivity index (χ4n) is 3.67. The van der Waals surface area contributed by atoms with Crippen LogP contribution in [0.15, 0.2) is 70.8 Å². The molecule has 0 aromatic heterocycles. The summed E-state index contributed by atoms with van der Waals surface area (Å²) in [6.45, 7) is 5.39. The first-order chi connectivity index (χ1) is 14.8. The van der Waals surface area contributed by atoms with Crippen LogP contribution in [0.5, 0.6) is 5.75 Å². The van der Waals surface area contributed by atoms with E-state index in [0.717, 1.165) is 16.9 Å². The summed E-state index contributed by atoms with van der Waals surface area (Å²) in [4.78, 5) is 29.0. The molecule has 2 aliphatic rings. The average Bonchev–Trinajstić information content (AvgIpc) is 3.08. The van der Waals surface area contributed by atoms with Crippen molar-refractivity contribution >= 4 is 23.2 Å². The summed E-state index contributed by atoms with van der Waals surface area (Å²) in [6.07, 6.45) is 2.12. The van der Waals surface area contributed by atoms with Gasteiger partial charge >= 0.3 is 0 Å². The van der Waals surface area contributed by atoms with E-state index in [9.17, 15) is 10.1 Å². The van der Waals surface area contributed by atoms with Gasteiger partial charge in [0, 0.05) is 23.6 Å². The summed E-state index contributed by atoms with van der Waals surface area (Å²) in [5, 5.41) is 9.76. The highest BCUT2D eigenvalue weighted by Crippen LogP contribution is 2.42. The lowest BCUT2D eigenvalue weighted by molar-refractivity contribution is -0.331. The second-order valence-corrected chi connectivity index (χ2v) is 8.56. The number of fused-ring (bicyclic) bond motifs is 1. The van der Waals surface area contributed by atoms with Crippen LogP contribution in [0, 0.1) is 5.41 Å². The van der Waals surface area contributed by atoms with E-state index < -0.39 is 17.0 Å². The van der Waals surface area contributed by atoms with Crippen LogP contribution in [0.3, 0.4) is 0 Å². The molecular formula is C24H25N3O4.